The number of urea groups is 1. The van der Waals surface area contributed by atoms with Gasteiger partial charge in [-0.15, -0.1) is 0 Å². The topological polar surface area (TPSA) is 108 Å². The Balaban J connectivity index is 2.47. The van der Waals surface area contributed by atoms with E-state index in [1.807, 2.05) is 24.4 Å². The first-order valence-electron chi connectivity index (χ1n) is 5.98. The molecule has 1 atom stereocenters. The van der Waals surface area contributed by atoms with Gasteiger partial charge in [-0.2, -0.15) is 0 Å². The van der Waals surface area contributed by atoms with Crippen LogP contribution in [0, 0.1) is 6.92 Å². The summed E-state index contributed by atoms with van der Waals surface area (Å²) in [6.07, 6.45) is -1.14. The molecule has 0 fully saturated rings. The van der Waals surface area contributed by atoms with Crippen molar-refractivity contribution in [2.24, 2.45) is 5.73 Å². The monoisotopic (exact) mass is 358 g/mol. The van der Waals surface area contributed by atoms with Crippen LogP contribution in [0.1, 0.15) is 12.5 Å². The van der Waals surface area contributed by atoms with Gasteiger partial charge in [0.15, 0.2) is 12.7 Å². The first-order chi connectivity index (χ1) is 9.79. The number of carbonyl (C=O) groups excluding carboxylic acids is 3. The lowest BCUT2D eigenvalue weighted by molar-refractivity contribution is -0.156. The number of ether oxygens (including phenoxy) is 2. The first kappa shape index (κ1) is 17.0. The Labute approximate surface area is 129 Å². The van der Waals surface area contributed by atoms with Crippen molar-refractivity contribution in [1.29, 1.82) is 0 Å². The summed E-state index contributed by atoms with van der Waals surface area (Å²) in [6, 6.07) is 4.36. The van der Waals surface area contributed by atoms with E-state index in [9.17, 15) is 14.4 Å². The number of nitrogens with one attached hydrogen (secondary N) is 1. The number of aryl methyl sites for hydroxylation is 1. The Bertz CT molecular complexity index is 561. The number of amides is 3. The standard InChI is InChI=1S/C13H15BrN2O5/c1-7-3-4-10(9(14)5-7)20-6-11(17)21-8(2)12(18)16-13(15)19/h3-5,8H,6H2,1-2H3,(H3,15,16,18,19)/t8-/m1/s1. The van der Waals surface area contributed by atoms with Gasteiger partial charge in [-0.25, -0.2) is 9.59 Å². The largest absolute Gasteiger partial charge is 0.481 e. The highest BCUT2D eigenvalue weighted by Crippen LogP contribution is 2.25. The summed E-state index contributed by atoms with van der Waals surface area (Å²) in [6.45, 7) is 2.87. The molecule has 21 heavy (non-hydrogen) atoms. The molecular formula is C13H15BrN2O5. The molecule has 0 aromatic heterocycles. The number of nitrogens with two attached hydrogens (primary N) is 1. The lowest BCUT2D eigenvalue weighted by atomic mass is 10.2. The highest BCUT2D eigenvalue weighted by Gasteiger charge is 2.19. The van der Waals surface area contributed by atoms with Gasteiger partial charge in [0, 0.05) is 0 Å². The van der Waals surface area contributed by atoms with Gasteiger partial charge in [0.05, 0.1) is 4.47 Å². The SMILES string of the molecule is Cc1ccc(OCC(=O)O[C@H](C)C(=O)NC(N)=O)c(Br)c1. The molecule has 0 radical (unpaired) electrons. The van der Waals surface area contributed by atoms with Gasteiger partial charge in [-0.1, -0.05) is 6.07 Å². The fraction of sp³-hybridized carbons (Fsp3) is 0.308. The average molecular weight is 359 g/mol. The van der Waals surface area contributed by atoms with E-state index in [0.717, 1.165) is 5.56 Å². The third-order valence-corrected chi connectivity index (χ3v) is 2.98. The van der Waals surface area contributed by atoms with Crippen LogP contribution in [0.15, 0.2) is 22.7 Å². The number of imide groups is 1. The van der Waals surface area contributed by atoms with Crippen LogP contribution in [0.2, 0.25) is 0 Å². The summed E-state index contributed by atoms with van der Waals surface area (Å²) in [5.74, 6) is -1.06. The number of halogens is 1. The summed E-state index contributed by atoms with van der Waals surface area (Å²) >= 11 is 3.31. The minimum atomic E-state index is -1.14. The van der Waals surface area contributed by atoms with E-state index in [4.69, 9.17) is 15.2 Å². The van der Waals surface area contributed by atoms with Crippen molar-refractivity contribution in [2.45, 2.75) is 20.0 Å². The molecule has 0 heterocycles. The van der Waals surface area contributed by atoms with Gasteiger partial charge in [-0.05, 0) is 47.5 Å². The van der Waals surface area contributed by atoms with Crippen LogP contribution in [-0.2, 0) is 14.3 Å². The smallest absolute Gasteiger partial charge is 0.344 e. The lowest BCUT2D eigenvalue weighted by Crippen LogP contribution is -2.42. The quantitative estimate of drug-likeness (QED) is 0.770. The van der Waals surface area contributed by atoms with E-state index >= 15 is 0 Å². The van der Waals surface area contributed by atoms with Gasteiger partial charge in [0.2, 0.25) is 0 Å². The molecule has 0 spiro atoms. The van der Waals surface area contributed by atoms with Crippen molar-refractivity contribution in [2.75, 3.05) is 6.61 Å². The Morgan fingerprint density at radius 1 is 1.38 bits per heavy atom. The van der Waals surface area contributed by atoms with E-state index in [-0.39, 0.29) is 6.61 Å². The Morgan fingerprint density at radius 2 is 2.05 bits per heavy atom. The number of benzene rings is 1. The molecule has 3 amide bonds. The normalized spacial score (nSPS) is 11.4. The molecule has 0 saturated heterocycles. The van der Waals surface area contributed by atoms with Crippen LogP contribution < -0.4 is 15.8 Å². The fourth-order valence-corrected chi connectivity index (χ4v) is 1.98. The van der Waals surface area contributed by atoms with Gasteiger partial charge >= 0.3 is 12.0 Å². The maximum Gasteiger partial charge on any atom is 0.344 e. The van der Waals surface area contributed by atoms with Crippen molar-refractivity contribution >= 4 is 33.8 Å². The highest BCUT2D eigenvalue weighted by molar-refractivity contribution is 9.10. The zero-order valence-electron chi connectivity index (χ0n) is 11.5. The highest BCUT2D eigenvalue weighted by atomic mass is 79.9. The number of primary amides is 1. The molecule has 1 aromatic rings. The zero-order valence-corrected chi connectivity index (χ0v) is 13.1. The Hall–Kier alpha value is -2.09. The second-order valence-corrected chi connectivity index (χ2v) is 5.06. The van der Waals surface area contributed by atoms with Crippen LogP contribution in [0.4, 0.5) is 4.79 Å². The van der Waals surface area contributed by atoms with E-state index in [0.29, 0.717) is 10.2 Å². The van der Waals surface area contributed by atoms with Crippen LogP contribution in [0.3, 0.4) is 0 Å². The minimum Gasteiger partial charge on any atom is -0.481 e. The Kier molecular flexibility index (Phi) is 6.16. The van der Waals surface area contributed by atoms with Crippen molar-refractivity contribution in [3.8, 4) is 5.75 Å². The average Bonchev–Trinajstić information content (AvgIpc) is 2.36. The molecule has 0 aliphatic carbocycles. The molecule has 0 unspecified atom stereocenters. The van der Waals surface area contributed by atoms with Crippen molar-refractivity contribution in [1.82, 2.24) is 5.32 Å². The summed E-state index contributed by atoms with van der Waals surface area (Å²) in [5.41, 5.74) is 5.82. The lowest BCUT2D eigenvalue weighted by Gasteiger charge is -2.13. The molecule has 1 rings (SSSR count). The van der Waals surface area contributed by atoms with E-state index in [1.54, 1.807) is 6.07 Å². The molecular weight excluding hydrogens is 344 g/mol. The predicted octanol–water partition coefficient (Wildman–Crippen LogP) is 1.26. The third kappa shape index (κ3) is 5.82. The van der Waals surface area contributed by atoms with Crippen LogP contribution in [-0.4, -0.2) is 30.6 Å². The molecule has 7 nitrogen and oxygen atoms in total. The van der Waals surface area contributed by atoms with Crippen molar-refractivity contribution in [3.63, 3.8) is 0 Å². The zero-order chi connectivity index (χ0) is 16.0. The number of esters is 1. The van der Waals surface area contributed by atoms with Gasteiger partial charge in [0.25, 0.3) is 5.91 Å². The van der Waals surface area contributed by atoms with Gasteiger partial charge in [-0.3, -0.25) is 10.1 Å². The summed E-state index contributed by atoms with van der Waals surface area (Å²) in [5, 5.41) is 1.81. The Morgan fingerprint density at radius 3 is 2.62 bits per heavy atom. The molecule has 0 aliphatic rings. The fourth-order valence-electron chi connectivity index (χ4n) is 1.37. The molecule has 0 bridgehead atoms. The van der Waals surface area contributed by atoms with Gasteiger partial charge in [0.1, 0.15) is 5.75 Å². The van der Waals surface area contributed by atoms with Crippen LogP contribution in [0.5, 0.6) is 5.75 Å². The third-order valence-electron chi connectivity index (χ3n) is 2.36. The number of rotatable bonds is 5. The van der Waals surface area contributed by atoms with Crippen molar-refractivity contribution in [3.05, 3.63) is 28.2 Å². The predicted molar refractivity (Wildman–Crippen MR) is 77.7 cm³/mol. The van der Waals surface area contributed by atoms with Gasteiger partial charge < -0.3 is 15.2 Å². The molecule has 8 heteroatoms. The van der Waals surface area contributed by atoms with Crippen molar-refractivity contribution < 1.29 is 23.9 Å². The second-order valence-electron chi connectivity index (χ2n) is 4.21. The molecule has 114 valence electrons. The minimum absolute atomic E-state index is 0.365. The molecule has 0 aliphatic heterocycles. The number of hydrogen-bond acceptors (Lipinski definition) is 5. The summed E-state index contributed by atoms with van der Waals surface area (Å²) in [4.78, 5) is 33.3. The number of hydrogen-bond donors (Lipinski definition) is 2. The van der Waals surface area contributed by atoms with E-state index < -0.39 is 24.0 Å². The molecule has 1 aromatic carbocycles. The van der Waals surface area contributed by atoms with Crippen LogP contribution in [0.25, 0.3) is 0 Å². The molecule has 3 N–H and O–H groups in total. The maximum absolute atomic E-state index is 11.5. The van der Waals surface area contributed by atoms with E-state index in [2.05, 4.69) is 15.9 Å². The second kappa shape index (κ2) is 7.63. The summed E-state index contributed by atoms with van der Waals surface area (Å²) in [7, 11) is 0. The van der Waals surface area contributed by atoms with Crippen LogP contribution >= 0.6 is 15.9 Å². The number of carbonyl (C=O) groups is 3. The van der Waals surface area contributed by atoms with E-state index in [1.165, 1.54) is 6.92 Å². The first-order valence-corrected chi connectivity index (χ1v) is 6.77. The maximum atomic E-state index is 11.5. The summed E-state index contributed by atoms with van der Waals surface area (Å²) < 4.78 is 10.8. The molecule has 0 saturated carbocycles.